The molecule has 26 heavy (non-hydrogen) atoms. The highest BCUT2D eigenvalue weighted by Crippen LogP contribution is 2.65. The van der Waals surface area contributed by atoms with E-state index in [-0.39, 0.29) is 46.3 Å². The molecule has 0 heterocycles. The number of carbonyl (C=O) groups excluding carboxylic acids is 3. The summed E-state index contributed by atoms with van der Waals surface area (Å²) >= 11 is 0. The van der Waals surface area contributed by atoms with E-state index in [1.165, 1.54) is 6.92 Å². The predicted octanol–water partition coefficient (Wildman–Crippen LogP) is 2.68. The maximum absolute atomic E-state index is 13.0. The van der Waals surface area contributed by atoms with Gasteiger partial charge in [0.05, 0.1) is 6.10 Å². The number of carbonyl (C=O) groups is 3. The van der Waals surface area contributed by atoms with Crippen LogP contribution in [-0.2, 0) is 19.1 Å². The molecule has 1 N–H and O–H groups in total. The third kappa shape index (κ3) is 2.42. The summed E-state index contributed by atoms with van der Waals surface area (Å²) in [5.74, 6) is 0.569. The predicted molar refractivity (Wildman–Crippen MR) is 94.1 cm³/mol. The summed E-state index contributed by atoms with van der Waals surface area (Å²) in [5.41, 5.74) is -0.412. The molecule has 4 saturated carbocycles. The van der Waals surface area contributed by atoms with Crippen LogP contribution >= 0.6 is 0 Å². The summed E-state index contributed by atoms with van der Waals surface area (Å²) in [6, 6.07) is 0. The summed E-state index contributed by atoms with van der Waals surface area (Å²) in [6.07, 6.45) is 4.00. The highest BCUT2D eigenvalue weighted by molar-refractivity contribution is 5.89. The molecule has 0 aromatic heterocycles. The van der Waals surface area contributed by atoms with E-state index in [2.05, 4.69) is 13.8 Å². The number of rotatable bonds is 1. The molecule has 0 aliphatic heterocycles. The molecule has 4 aliphatic carbocycles. The number of ketones is 2. The van der Waals surface area contributed by atoms with Crippen LogP contribution in [0.25, 0.3) is 0 Å². The second-order valence-corrected chi connectivity index (χ2v) is 9.74. The van der Waals surface area contributed by atoms with Gasteiger partial charge in [0, 0.05) is 31.1 Å². The largest absolute Gasteiger partial charge is 0.454 e. The van der Waals surface area contributed by atoms with Crippen molar-refractivity contribution in [2.75, 3.05) is 0 Å². The van der Waals surface area contributed by atoms with Gasteiger partial charge in [0.2, 0.25) is 0 Å². The lowest BCUT2D eigenvalue weighted by Gasteiger charge is -2.59. The minimum atomic E-state index is -0.653. The lowest BCUT2D eigenvalue weighted by molar-refractivity contribution is -0.171. The first kappa shape index (κ1) is 18.1. The molecule has 5 heteroatoms. The number of ether oxygens (including phenoxy) is 1. The smallest absolute Gasteiger partial charge is 0.303 e. The standard InChI is InChI=1S/C21H30O5/c1-11(22)26-19-18(25)10-15-13-9-17(24)16-8-12(23)4-6-20(16,2)14(13)5-7-21(15,19)3/h12-16,19,23H,4-10H2,1-3H3/t12-,13-,14+,15+,16-,19+,20-,21+/m0/s1. The molecule has 0 bridgehead atoms. The molecule has 5 nitrogen and oxygen atoms in total. The summed E-state index contributed by atoms with van der Waals surface area (Å²) in [6.45, 7) is 5.68. The van der Waals surface area contributed by atoms with Gasteiger partial charge in [0.15, 0.2) is 11.9 Å². The average Bonchev–Trinajstić information content (AvgIpc) is 2.81. The van der Waals surface area contributed by atoms with Crippen LogP contribution in [0.3, 0.4) is 0 Å². The zero-order valence-corrected chi connectivity index (χ0v) is 16.0. The lowest BCUT2D eigenvalue weighted by Crippen LogP contribution is -2.57. The molecule has 8 atom stereocenters. The first-order valence-corrected chi connectivity index (χ1v) is 10.1. The van der Waals surface area contributed by atoms with Crippen molar-refractivity contribution in [3.63, 3.8) is 0 Å². The highest BCUT2D eigenvalue weighted by Gasteiger charge is 2.64. The van der Waals surface area contributed by atoms with E-state index < -0.39 is 12.1 Å². The minimum absolute atomic E-state index is 0.0205. The van der Waals surface area contributed by atoms with Gasteiger partial charge < -0.3 is 9.84 Å². The zero-order chi connectivity index (χ0) is 18.9. The van der Waals surface area contributed by atoms with Crippen molar-refractivity contribution in [1.82, 2.24) is 0 Å². The van der Waals surface area contributed by atoms with Gasteiger partial charge in [0.25, 0.3) is 0 Å². The van der Waals surface area contributed by atoms with Crippen LogP contribution in [0.2, 0.25) is 0 Å². The Kier molecular flexibility index (Phi) is 4.11. The van der Waals surface area contributed by atoms with E-state index in [1.807, 2.05) is 0 Å². The van der Waals surface area contributed by atoms with Crippen LogP contribution in [0, 0.1) is 34.5 Å². The van der Waals surface area contributed by atoms with Gasteiger partial charge in [0.1, 0.15) is 5.78 Å². The van der Waals surface area contributed by atoms with Crippen molar-refractivity contribution < 1.29 is 24.2 Å². The number of hydrogen-bond donors (Lipinski definition) is 1. The number of Topliss-reactive ketones (excluding diaryl/α,β-unsaturated/α-hetero) is 2. The second-order valence-electron chi connectivity index (χ2n) is 9.74. The van der Waals surface area contributed by atoms with Crippen molar-refractivity contribution in [3.8, 4) is 0 Å². The summed E-state index contributed by atoms with van der Waals surface area (Å²) in [4.78, 5) is 37.1. The Bertz CT molecular complexity index is 657. The molecule has 0 spiro atoms. The number of aliphatic hydroxyl groups excluding tert-OH is 1. The Labute approximate surface area is 154 Å². The molecule has 0 unspecified atom stereocenters. The van der Waals surface area contributed by atoms with E-state index in [9.17, 15) is 19.5 Å². The topological polar surface area (TPSA) is 80.7 Å². The molecule has 4 aliphatic rings. The van der Waals surface area contributed by atoms with Crippen LogP contribution < -0.4 is 0 Å². The van der Waals surface area contributed by atoms with Gasteiger partial charge >= 0.3 is 5.97 Å². The Hall–Kier alpha value is -1.23. The van der Waals surface area contributed by atoms with Crippen LogP contribution in [0.5, 0.6) is 0 Å². The summed E-state index contributed by atoms with van der Waals surface area (Å²) in [7, 11) is 0. The lowest BCUT2D eigenvalue weighted by atomic mass is 9.45. The maximum atomic E-state index is 13.0. The van der Waals surface area contributed by atoms with Crippen molar-refractivity contribution in [1.29, 1.82) is 0 Å². The average molecular weight is 362 g/mol. The third-order valence-corrected chi connectivity index (χ3v) is 8.46. The first-order valence-electron chi connectivity index (χ1n) is 10.1. The number of fused-ring (bicyclic) bond motifs is 5. The maximum Gasteiger partial charge on any atom is 0.303 e. The minimum Gasteiger partial charge on any atom is -0.454 e. The highest BCUT2D eigenvalue weighted by atomic mass is 16.5. The molecule has 4 fully saturated rings. The van der Waals surface area contributed by atoms with Crippen LogP contribution in [0.1, 0.15) is 65.7 Å². The molecule has 0 aromatic rings. The first-order chi connectivity index (χ1) is 12.2. The number of hydrogen-bond acceptors (Lipinski definition) is 5. The Morgan fingerprint density at radius 2 is 1.73 bits per heavy atom. The Morgan fingerprint density at radius 1 is 1.04 bits per heavy atom. The number of esters is 1. The van der Waals surface area contributed by atoms with E-state index in [4.69, 9.17) is 4.74 Å². The van der Waals surface area contributed by atoms with Gasteiger partial charge in [-0.05, 0) is 55.3 Å². The van der Waals surface area contributed by atoms with Crippen molar-refractivity contribution in [3.05, 3.63) is 0 Å². The molecule has 144 valence electrons. The van der Waals surface area contributed by atoms with Gasteiger partial charge in [-0.3, -0.25) is 14.4 Å². The molecule has 0 aromatic carbocycles. The van der Waals surface area contributed by atoms with Crippen LogP contribution in [-0.4, -0.2) is 34.9 Å². The Balaban J connectivity index is 1.66. The van der Waals surface area contributed by atoms with Crippen LogP contribution in [0.4, 0.5) is 0 Å². The molecule has 4 rings (SSSR count). The Morgan fingerprint density at radius 3 is 2.42 bits per heavy atom. The molecular weight excluding hydrogens is 332 g/mol. The quantitative estimate of drug-likeness (QED) is 0.726. The fraction of sp³-hybridized carbons (Fsp3) is 0.857. The molecule has 0 saturated heterocycles. The van der Waals surface area contributed by atoms with Gasteiger partial charge in [-0.15, -0.1) is 0 Å². The van der Waals surface area contributed by atoms with Gasteiger partial charge in [-0.2, -0.15) is 0 Å². The van der Waals surface area contributed by atoms with Crippen molar-refractivity contribution in [2.45, 2.75) is 77.9 Å². The summed E-state index contributed by atoms with van der Waals surface area (Å²) < 4.78 is 5.44. The molecular formula is C21H30O5. The van der Waals surface area contributed by atoms with Gasteiger partial charge in [-0.1, -0.05) is 13.8 Å². The van der Waals surface area contributed by atoms with Crippen molar-refractivity contribution >= 4 is 17.5 Å². The van der Waals surface area contributed by atoms with E-state index in [1.54, 1.807) is 0 Å². The normalized spacial score (nSPS) is 50.6. The fourth-order valence-electron chi connectivity index (χ4n) is 7.14. The monoisotopic (exact) mass is 362 g/mol. The van der Waals surface area contributed by atoms with Crippen molar-refractivity contribution in [2.24, 2.45) is 34.5 Å². The third-order valence-electron chi connectivity index (χ3n) is 8.46. The number of aliphatic hydroxyl groups is 1. The summed E-state index contributed by atoms with van der Waals surface area (Å²) in [5, 5.41) is 10.1. The van der Waals surface area contributed by atoms with Crippen LogP contribution in [0.15, 0.2) is 0 Å². The fourth-order valence-corrected chi connectivity index (χ4v) is 7.14. The second kappa shape index (κ2) is 5.88. The molecule has 0 radical (unpaired) electrons. The SMILES string of the molecule is CC(=O)O[C@@H]1C(=O)C[C@@H]2[C@H]3CC(=O)[C@@H]4C[C@@H](O)CC[C@@]4(C)[C@@H]3CC[C@@]12C. The van der Waals surface area contributed by atoms with Gasteiger partial charge in [-0.25, -0.2) is 0 Å². The zero-order valence-electron chi connectivity index (χ0n) is 16.0. The van der Waals surface area contributed by atoms with E-state index >= 15 is 0 Å². The van der Waals surface area contributed by atoms with E-state index in [0.717, 1.165) is 25.7 Å². The van der Waals surface area contributed by atoms with E-state index in [0.29, 0.717) is 25.2 Å². The molecule has 0 amide bonds.